The molecule has 4 heterocycles. The lowest BCUT2D eigenvalue weighted by Gasteiger charge is -2.57. The van der Waals surface area contributed by atoms with E-state index in [2.05, 4.69) is 6.92 Å². The van der Waals surface area contributed by atoms with E-state index in [-0.39, 0.29) is 17.8 Å². The van der Waals surface area contributed by atoms with Gasteiger partial charge in [-0.15, -0.1) is 0 Å². The van der Waals surface area contributed by atoms with Gasteiger partial charge in [-0.05, 0) is 32.1 Å². The number of carbonyl (C=O) groups is 1. The molecule has 5 heteroatoms. The summed E-state index contributed by atoms with van der Waals surface area (Å²) in [4.78, 5) is 23.7. The van der Waals surface area contributed by atoms with Crippen LogP contribution in [0.3, 0.4) is 0 Å². The van der Waals surface area contributed by atoms with Gasteiger partial charge in [-0.25, -0.2) is 9.78 Å². The molecule has 0 unspecified atom stereocenters. The molecule has 7 atom stereocenters. The molecule has 4 saturated heterocycles. The van der Waals surface area contributed by atoms with E-state index in [0.717, 1.165) is 25.7 Å². The maximum atomic E-state index is 12.1. The monoisotopic (exact) mass is 282 g/mol. The minimum atomic E-state index is -0.793. The normalized spacial score (nSPS) is 57.8. The van der Waals surface area contributed by atoms with E-state index in [1.54, 1.807) is 0 Å². The van der Waals surface area contributed by atoms with Crippen molar-refractivity contribution in [1.82, 2.24) is 0 Å². The lowest BCUT2D eigenvalue weighted by Crippen LogP contribution is -2.69. The zero-order valence-corrected chi connectivity index (χ0v) is 12.3. The van der Waals surface area contributed by atoms with E-state index in [1.165, 1.54) is 0 Å². The molecular weight excluding hydrogens is 260 g/mol. The molecule has 0 N–H and O–H groups in total. The zero-order chi connectivity index (χ0) is 14.1. The van der Waals surface area contributed by atoms with Crippen molar-refractivity contribution in [3.8, 4) is 0 Å². The van der Waals surface area contributed by atoms with Crippen LogP contribution in [0, 0.1) is 23.7 Å². The summed E-state index contributed by atoms with van der Waals surface area (Å²) in [6.07, 6.45) is 3.24. The number of fused-ring (bicyclic) bond motifs is 2. The third-order valence-electron chi connectivity index (χ3n) is 5.97. The molecule has 0 amide bonds. The van der Waals surface area contributed by atoms with Crippen LogP contribution in [0.1, 0.15) is 46.5 Å². The second-order valence-corrected chi connectivity index (χ2v) is 7.14. The Labute approximate surface area is 118 Å². The third-order valence-corrected chi connectivity index (χ3v) is 5.97. The molecule has 5 rings (SSSR count). The van der Waals surface area contributed by atoms with Crippen LogP contribution in [-0.2, 0) is 24.0 Å². The van der Waals surface area contributed by atoms with Crippen LogP contribution in [0.25, 0.3) is 0 Å². The molecule has 0 aromatic rings. The lowest BCUT2D eigenvalue weighted by atomic mass is 9.58. The van der Waals surface area contributed by atoms with Crippen LogP contribution in [-0.4, -0.2) is 23.6 Å². The van der Waals surface area contributed by atoms with Gasteiger partial charge in [-0.2, -0.15) is 0 Å². The highest BCUT2D eigenvalue weighted by Gasteiger charge is 2.69. The largest absolute Gasteiger partial charge is 0.432 e. The summed E-state index contributed by atoms with van der Waals surface area (Å²) in [5.41, 5.74) is -0.610. The van der Waals surface area contributed by atoms with Crippen molar-refractivity contribution >= 4 is 5.97 Å². The molecule has 2 bridgehead atoms. The van der Waals surface area contributed by atoms with Crippen molar-refractivity contribution in [1.29, 1.82) is 0 Å². The summed E-state index contributed by atoms with van der Waals surface area (Å²) in [5, 5.41) is 0. The van der Waals surface area contributed by atoms with Crippen LogP contribution in [0.15, 0.2) is 0 Å². The molecule has 4 aliphatic heterocycles. The Balaban J connectivity index is 1.84. The summed E-state index contributed by atoms with van der Waals surface area (Å²) < 4.78 is 11.6. The average Bonchev–Trinajstić information content (AvgIpc) is 2.63. The Morgan fingerprint density at radius 3 is 2.70 bits per heavy atom. The molecule has 20 heavy (non-hydrogen) atoms. The first-order chi connectivity index (χ1) is 9.46. The van der Waals surface area contributed by atoms with Crippen LogP contribution in [0.5, 0.6) is 0 Å². The van der Waals surface area contributed by atoms with Gasteiger partial charge in [0.05, 0.1) is 5.92 Å². The molecule has 1 spiro atoms. The van der Waals surface area contributed by atoms with Crippen LogP contribution in [0.4, 0.5) is 0 Å². The van der Waals surface area contributed by atoms with Gasteiger partial charge >= 0.3 is 5.97 Å². The molecule has 5 fully saturated rings. The first-order valence-electron chi connectivity index (χ1n) is 7.71. The van der Waals surface area contributed by atoms with Gasteiger partial charge in [0.25, 0.3) is 0 Å². The minimum Gasteiger partial charge on any atom is -0.432 e. The third kappa shape index (κ3) is 1.46. The van der Waals surface area contributed by atoms with Crippen molar-refractivity contribution < 1.29 is 24.0 Å². The second kappa shape index (κ2) is 3.96. The Kier molecular flexibility index (Phi) is 2.58. The van der Waals surface area contributed by atoms with Crippen LogP contribution in [0.2, 0.25) is 0 Å². The van der Waals surface area contributed by atoms with Gasteiger partial charge in [0.2, 0.25) is 12.1 Å². The summed E-state index contributed by atoms with van der Waals surface area (Å²) in [7, 11) is 0. The second-order valence-electron chi connectivity index (χ2n) is 7.14. The standard InChI is InChI=1S/C15H22O5/c1-8-4-5-11-9(2)12(16)17-13-15(11)10(8)6-7-14(3,18-13)19-20-15/h8-11,13H,4-7H2,1-3H3/t8-,9-,10-,11+,13-,14-,15-/m1/s1. The molecular formula is C15H22O5. The van der Waals surface area contributed by atoms with E-state index < -0.39 is 17.7 Å². The van der Waals surface area contributed by atoms with Crippen molar-refractivity contribution in [2.75, 3.05) is 0 Å². The van der Waals surface area contributed by atoms with E-state index in [1.807, 2.05) is 13.8 Å². The Morgan fingerprint density at radius 2 is 1.90 bits per heavy atom. The van der Waals surface area contributed by atoms with Gasteiger partial charge in [0, 0.05) is 18.3 Å². The fraction of sp³-hybridized carbons (Fsp3) is 0.933. The number of hydrogen-bond acceptors (Lipinski definition) is 5. The number of ether oxygens (including phenoxy) is 2. The highest BCUT2D eigenvalue weighted by Crippen LogP contribution is 2.59. The summed E-state index contributed by atoms with van der Waals surface area (Å²) in [6, 6.07) is 0. The van der Waals surface area contributed by atoms with E-state index >= 15 is 0 Å². The fourth-order valence-electron chi connectivity index (χ4n) is 4.76. The number of rotatable bonds is 0. The number of hydrogen-bond donors (Lipinski definition) is 0. The Bertz CT molecular complexity index is 452. The van der Waals surface area contributed by atoms with Crippen LogP contribution >= 0.6 is 0 Å². The van der Waals surface area contributed by atoms with Crippen molar-refractivity contribution in [2.45, 2.75) is 64.1 Å². The molecule has 0 aromatic heterocycles. The van der Waals surface area contributed by atoms with Gasteiger partial charge < -0.3 is 9.47 Å². The van der Waals surface area contributed by atoms with Crippen molar-refractivity contribution in [3.63, 3.8) is 0 Å². The highest BCUT2D eigenvalue weighted by molar-refractivity contribution is 5.74. The van der Waals surface area contributed by atoms with E-state index in [0.29, 0.717) is 11.8 Å². The van der Waals surface area contributed by atoms with Gasteiger partial charge in [-0.3, -0.25) is 4.79 Å². The lowest BCUT2D eigenvalue weighted by molar-refractivity contribution is -0.559. The maximum absolute atomic E-state index is 12.1. The molecule has 5 aliphatic rings. The van der Waals surface area contributed by atoms with Crippen molar-refractivity contribution in [3.05, 3.63) is 0 Å². The van der Waals surface area contributed by atoms with Crippen LogP contribution < -0.4 is 0 Å². The molecule has 0 aromatic carbocycles. The van der Waals surface area contributed by atoms with Gasteiger partial charge in [0.15, 0.2) is 5.60 Å². The van der Waals surface area contributed by atoms with E-state index in [4.69, 9.17) is 19.2 Å². The topological polar surface area (TPSA) is 54.0 Å². The first kappa shape index (κ1) is 13.0. The Morgan fingerprint density at radius 1 is 1.10 bits per heavy atom. The zero-order valence-electron chi connectivity index (χ0n) is 12.3. The Hall–Kier alpha value is -0.650. The molecule has 1 aliphatic carbocycles. The highest BCUT2D eigenvalue weighted by atomic mass is 17.3. The minimum absolute atomic E-state index is 0.123. The summed E-state index contributed by atoms with van der Waals surface area (Å²) >= 11 is 0. The van der Waals surface area contributed by atoms with Gasteiger partial charge in [-0.1, -0.05) is 13.8 Å². The summed E-state index contributed by atoms with van der Waals surface area (Å²) in [6.45, 7) is 6.06. The SMILES string of the molecule is C[C@@H]1CC[C@H]2[C@@H](C)C(=O)O[C@@H]3O[C@@]4(C)CC[C@H]1[C@]32OO4. The predicted octanol–water partition coefficient (Wildman–Crippen LogP) is 2.39. The molecule has 5 nitrogen and oxygen atoms in total. The molecule has 0 radical (unpaired) electrons. The predicted molar refractivity (Wildman–Crippen MR) is 68.0 cm³/mol. The first-order valence-corrected chi connectivity index (χ1v) is 7.71. The number of carbonyl (C=O) groups excluding carboxylic acids is 1. The average molecular weight is 282 g/mol. The summed E-state index contributed by atoms with van der Waals surface area (Å²) in [5.74, 6) is -0.137. The fourth-order valence-corrected chi connectivity index (χ4v) is 4.76. The van der Waals surface area contributed by atoms with E-state index in [9.17, 15) is 4.79 Å². The smallest absolute Gasteiger partial charge is 0.311 e. The maximum Gasteiger partial charge on any atom is 0.311 e. The van der Waals surface area contributed by atoms with Gasteiger partial charge in [0.1, 0.15) is 0 Å². The number of esters is 1. The molecule has 1 saturated carbocycles. The van der Waals surface area contributed by atoms with Crippen molar-refractivity contribution in [2.24, 2.45) is 23.7 Å². The quantitative estimate of drug-likeness (QED) is 0.504. The molecule has 112 valence electrons.